The molecule has 0 radical (unpaired) electrons. The number of carbonyl (C=O) groups is 1. The van der Waals surface area contributed by atoms with Crippen LogP contribution < -0.4 is 15.5 Å². The van der Waals surface area contributed by atoms with Crippen molar-refractivity contribution in [1.29, 1.82) is 0 Å². The van der Waals surface area contributed by atoms with Crippen molar-refractivity contribution in [2.75, 3.05) is 47.2 Å². The van der Waals surface area contributed by atoms with E-state index in [4.69, 9.17) is 0 Å². The van der Waals surface area contributed by atoms with E-state index in [1.807, 2.05) is 17.0 Å². The van der Waals surface area contributed by atoms with Gasteiger partial charge in [0.05, 0.1) is 28.6 Å². The molecule has 1 amide bonds. The molecule has 3 heterocycles. The van der Waals surface area contributed by atoms with E-state index >= 15 is 0 Å². The van der Waals surface area contributed by atoms with Gasteiger partial charge in [-0.05, 0) is 36.4 Å². The van der Waals surface area contributed by atoms with Crippen molar-refractivity contribution in [3.05, 3.63) is 54.4 Å². The summed E-state index contributed by atoms with van der Waals surface area (Å²) in [5.41, 5.74) is 3.80. The Balaban J connectivity index is 1.52. The summed E-state index contributed by atoms with van der Waals surface area (Å²) in [6.07, 6.45) is 1.70. The van der Waals surface area contributed by atoms with Gasteiger partial charge in [0.25, 0.3) is 5.91 Å². The minimum absolute atomic E-state index is 0.151. The van der Waals surface area contributed by atoms with E-state index in [0.717, 1.165) is 11.4 Å². The Bertz CT molecular complexity index is 1150. The number of pyridine rings is 1. The molecule has 2 aromatic heterocycles. The summed E-state index contributed by atoms with van der Waals surface area (Å²) in [7, 11) is -1.17. The van der Waals surface area contributed by atoms with E-state index in [1.165, 1.54) is 0 Å². The zero-order chi connectivity index (χ0) is 21.1. The van der Waals surface area contributed by atoms with Crippen LogP contribution in [0.2, 0.25) is 0 Å². The van der Waals surface area contributed by atoms with Crippen LogP contribution in [0.1, 0.15) is 10.5 Å². The predicted molar refractivity (Wildman–Crippen MR) is 117 cm³/mol. The van der Waals surface area contributed by atoms with E-state index in [-0.39, 0.29) is 23.1 Å². The largest absolute Gasteiger partial charge is 0.386 e. The lowest BCUT2D eigenvalue weighted by Crippen LogP contribution is -2.40. The van der Waals surface area contributed by atoms with E-state index < -0.39 is 9.84 Å². The van der Waals surface area contributed by atoms with Gasteiger partial charge >= 0.3 is 0 Å². The third-order valence-electron chi connectivity index (χ3n) is 4.98. The van der Waals surface area contributed by atoms with E-state index in [1.54, 1.807) is 43.6 Å². The summed E-state index contributed by atoms with van der Waals surface area (Å²) >= 11 is 0. The maximum Gasteiger partial charge on any atom is 0.274 e. The number of sulfone groups is 1. The molecule has 0 unspecified atom stereocenters. The lowest BCUT2D eigenvalue weighted by atomic mass is 10.2. The number of hydrogen-bond donors (Lipinski definition) is 3. The van der Waals surface area contributed by atoms with Crippen molar-refractivity contribution in [1.82, 2.24) is 15.2 Å². The van der Waals surface area contributed by atoms with Gasteiger partial charge in [0.1, 0.15) is 11.4 Å². The molecule has 0 spiro atoms. The second-order valence-corrected chi connectivity index (χ2v) is 9.24. The summed E-state index contributed by atoms with van der Waals surface area (Å²) in [6.45, 7) is 0.919. The molecule has 0 atom stereocenters. The monoisotopic (exact) mass is 426 g/mol. The van der Waals surface area contributed by atoms with Crippen molar-refractivity contribution in [3.63, 3.8) is 0 Å². The van der Waals surface area contributed by atoms with Gasteiger partial charge in [0, 0.05) is 32.0 Å². The number of amides is 1. The minimum Gasteiger partial charge on any atom is -0.386 e. The van der Waals surface area contributed by atoms with Gasteiger partial charge in [-0.3, -0.25) is 9.89 Å². The summed E-state index contributed by atoms with van der Waals surface area (Å²) in [5.74, 6) is -0.0303. The van der Waals surface area contributed by atoms with Crippen molar-refractivity contribution in [2.45, 2.75) is 0 Å². The molecule has 1 aliphatic heterocycles. The number of nitrogens with zero attached hydrogens (tertiary/aromatic N) is 3. The maximum absolute atomic E-state index is 12.8. The molecule has 156 valence electrons. The Hall–Kier alpha value is -3.40. The molecule has 3 N–H and O–H groups in total. The Morgan fingerprint density at radius 3 is 2.57 bits per heavy atom. The Morgan fingerprint density at radius 1 is 1.07 bits per heavy atom. The van der Waals surface area contributed by atoms with Crippen molar-refractivity contribution < 1.29 is 13.2 Å². The molecule has 10 heteroatoms. The number of benzene rings is 1. The highest BCUT2D eigenvalue weighted by Gasteiger charge is 2.22. The molecule has 1 aromatic carbocycles. The van der Waals surface area contributed by atoms with Crippen molar-refractivity contribution in [2.24, 2.45) is 0 Å². The number of carbonyl (C=O) groups excluding carboxylic acids is 1. The second-order valence-electron chi connectivity index (χ2n) is 6.94. The SMILES string of the molecule is CNc1cc(N2CCS(=O)(=O)CC2)ccc1NC(=O)c1cccc(-c2cc[nH]n2)n1. The Kier molecular flexibility index (Phi) is 5.40. The molecule has 9 nitrogen and oxygen atoms in total. The number of rotatable bonds is 5. The molecule has 4 rings (SSSR count). The highest BCUT2D eigenvalue weighted by atomic mass is 32.2. The third kappa shape index (κ3) is 4.28. The number of H-pyrrole nitrogens is 1. The normalized spacial score (nSPS) is 15.6. The van der Waals surface area contributed by atoms with Crippen LogP contribution in [-0.4, -0.2) is 61.1 Å². The highest BCUT2D eigenvalue weighted by molar-refractivity contribution is 7.91. The first-order valence-electron chi connectivity index (χ1n) is 9.51. The fraction of sp³-hybridized carbons (Fsp3) is 0.250. The average Bonchev–Trinajstić information content (AvgIpc) is 3.29. The summed E-state index contributed by atoms with van der Waals surface area (Å²) in [5, 5.41) is 12.8. The molecule has 0 aliphatic carbocycles. The van der Waals surface area contributed by atoms with Crippen LogP contribution in [0.5, 0.6) is 0 Å². The van der Waals surface area contributed by atoms with Crippen molar-refractivity contribution in [3.8, 4) is 11.4 Å². The highest BCUT2D eigenvalue weighted by Crippen LogP contribution is 2.29. The van der Waals surface area contributed by atoms with Gasteiger partial charge in [0.2, 0.25) is 0 Å². The van der Waals surface area contributed by atoms with Crippen LogP contribution in [0.3, 0.4) is 0 Å². The van der Waals surface area contributed by atoms with Gasteiger partial charge < -0.3 is 15.5 Å². The second kappa shape index (κ2) is 8.15. The molecule has 1 fully saturated rings. The van der Waals surface area contributed by atoms with Crippen molar-refractivity contribution >= 4 is 32.8 Å². The van der Waals surface area contributed by atoms with Crippen LogP contribution in [-0.2, 0) is 9.84 Å². The molecular weight excluding hydrogens is 404 g/mol. The molecule has 1 aliphatic rings. The summed E-state index contributed by atoms with van der Waals surface area (Å²) in [4.78, 5) is 19.2. The van der Waals surface area contributed by atoms with Gasteiger partial charge in [-0.15, -0.1) is 0 Å². The Labute approximate surface area is 174 Å². The standard InChI is InChI=1S/C20H22N6O3S/c1-21-19-13-14(26-9-11-30(28,29)12-10-26)5-6-16(19)24-20(27)18-4-2-3-15(23-18)17-7-8-22-25-17/h2-8,13,21H,9-12H2,1H3,(H,22,25)(H,24,27). The molecule has 3 aromatic rings. The first-order valence-corrected chi connectivity index (χ1v) is 11.3. The summed E-state index contributed by atoms with van der Waals surface area (Å²) in [6, 6.07) is 12.6. The van der Waals surface area contributed by atoms with Crippen LogP contribution in [0, 0.1) is 0 Å². The number of hydrogen-bond acceptors (Lipinski definition) is 7. The van der Waals surface area contributed by atoms with Gasteiger partial charge in [0.15, 0.2) is 9.84 Å². The average molecular weight is 427 g/mol. The number of aromatic nitrogens is 3. The maximum atomic E-state index is 12.8. The van der Waals surface area contributed by atoms with Crippen LogP contribution in [0.4, 0.5) is 17.1 Å². The zero-order valence-corrected chi connectivity index (χ0v) is 17.2. The lowest BCUT2D eigenvalue weighted by molar-refractivity contribution is 0.102. The van der Waals surface area contributed by atoms with E-state index in [9.17, 15) is 13.2 Å². The number of anilines is 3. The fourth-order valence-electron chi connectivity index (χ4n) is 3.31. The van der Waals surface area contributed by atoms with Gasteiger partial charge in [-0.25, -0.2) is 13.4 Å². The minimum atomic E-state index is -2.94. The predicted octanol–water partition coefficient (Wildman–Crippen LogP) is 2.00. The topological polar surface area (TPSA) is 120 Å². The summed E-state index contributed by atoms with van der Waals surface area (Å²) < 4.78 is 23.3. The molecule has 30 heavy (non-hydrogen) atoms. The zero-order valence-electron chi connectivity index (χ0n) is 16.4. The smallest absolute Gasteiger partial charge is 0.274 e. The van der Waals surface area contributed by atoms with Crippen LogP contribution in [0.25, 0.3) is 11.4 Å². The van der Waals surface area contributed by atoms with Gasteiger partial charge in [-0.1, -0.05) is 6.07 Å². The quantitative estimate of drug-likeness (QED) is 0.571. The van der Waals surface area contributed by atoms with E-state index in [0.29, 0.717) is 30.2 Å². The Morgan fingerprint density at radius 2 is 1.87 bits per heavy atom. The third-order valence-corrected chi connectivity index (χ3v) is 6.58. The number of nitrogens with one attached hydrogen (secondary N) is 3. The molecule has 1 saturated heterocycles. The molecule has 0 bridgehead atoms. The van der Waals surface area contributed by atoms with Gasteiger partial charge in [-0.2, -0.15) is 5.10 Å². The fourth-order valence-corrected chi connectivity index (χ4v) is 4.51. The van der Waals surface area contributed by atoms with Crippen LogP contribution >= 0.6 is 0 Å². The van der Waals surface area contributed by atoms with E-state index in [2.05, 4.69) is 25.8 Å². The number of aromatic amines is 1. The lowest BCUT2D eigenvalue weighted by Gasteiger charge is -2.29. The molecular formula is C20H22N6O3S. The first-order chi connectivity index (χ1) is 14.4. The first kappa shape index (κ1) is 19.9. The molecule has 0 saturated carbocycles. The van der Waals surface area contributed by atoms with Crippen LogP contribution in [0.15, 0.2) is 48.7 Å².